The molecule has 6 heteroatoms. The van der Waals surface area contributed by atoms with Gasteiger partial charge in [0.05, 0.1) is 12.3 Å². The van der Waals surface area contributed by atoms with E-state index in [2.05, 4.69) is 10.3 Å². The Balaban J connectivity index is 1.95. The number of amides is 1. The van der Waals surface area contributed by atoms with E-state index in [9.17, 15) is 9.59 Å². The first-order chi connectivity index (χ1) is 12.2. The van der Waals surface area contributed by atoms with E-state index in [0.717, 1.165) is 15.8 Å². The maximum absolute atomic E-state index is 13.1. The van der Waals surface area contributed by atoms with Gasteiger partial charge in [-0.05, 0) is 25.1 Å². The van der Waals surface area contributed by atoms with Crippen LogP contribution in [0.15, 0.2) is 59.6 Å². The Morgan fingerprint density at radius 3 is 2.76 bits per heavy atom. The molecule has 0 radical (unpaired) electrons. The lowest BCUT2D eigenvalue weighted by atomic mass is 9.95. The Hall–Kier alpha value is -2.73. The number of aromatic amines is 1. The van der Waals surface area contributed by atoms with Crippen molar-refractivity contribution in [2.24, 2.45) is 0 Å². The number of aromatic nitrogens is 1. The van der Waals surface area contributed by atoms with Crippen LogP contribution in [-0.4, -0.2) is 23.5 Å². The first kappa shape index (κ1) is 15.8. The Morgan fingerprint density at radius 2 is 1.92 bits per heavy atom. The van der Waals surface area contributed by atoms with Gasteiger partial charge < -0.3 is 15.0 Å². The number of nitrogens with one attached hydrogen (secondary N) is 2. The molecular formula is C19H16N2O3S. The first-order valence-electron chi connectivity index (χ1n) is 8.00. The SMILES string of the molecule is CCOC(=O)[C@]1(c2c[nH]c3ccccc23)Sc2ccccc2NC1=O. The topological polar surface area (TPSA) is 71.2 Å². The second kappa shape index (κ2) is 5.97. The van der Waals surface area contributed by atoms with Crippen molar-refractivity contribution in [1.82, 2.24) is 4.98 Å². The van der Waals surface area contributed by atoms with Gasteiger partial charge in [-0.2, -0.15) is 0 Å². The zero-order valence-corrected chi connectivity index (χ0v) is 14.4. The minimum atomic E-state index is -1.48. The smallest absolute Gasteiger partial charge is 0.337 e. The summed E-state index contributed by atoms with van der Waals surface area (Å²) in [6.45, 7) is 1.94. The van der Waals surface area contributed by atoms with Gasteiger partial charge in [0, 0.05) is 27.6 Å². The normalized spacial score (nSPS) is 19.3. The van der Waals surface area contributed by atoms with Crippen LogP contribution in [0.2, 0.25) is 0 Å². The van der Waals surface area contributed by atoms with Crippen molar-refractivity contribution in [3.63, 3.8) is 0 Å². The van der Waals surface area contributed by atoms with Gasteiger partial charge in [-0.3, -0.25) is 4.79 Å². The molecule has 2 aromatic carbocycles. The summed E-state index contributed by atoms with van der Waals surface area (Å²) >= 11 is 1.23. The molecule has 1 aliphatic heterocycles. The molecule has 4 rings (SSSR count). The number of anilines is 1. The van der Waals surface area contributed by atoms with E-state index in [0.29, 0.717) is 11.3 Å². The molecule has 1 aromatic heterocycles. The minimum Gasteiger partial charge on any atom is -0.464 e. The van der Waals surface area contributed by atoms with E-state index in [1.165, 1.54) is 11.8 Å². The number of fused-ring (bicyclic) bond motifs is 2. The number of rotatable bonds is 3. The van der Waals surface area contributed by atoms with Crippen molar-refractivity contribution in [1.29, 1.82) is 0 Å². The molecule has 0 aliphatic carbocycles. The van der Waals surface area contributed by atoms with Gasteiger partial charge in [-0.25, -0.2) is 4.79 Å². The predicted molar refractivity (Wildman–Crippen MR) is 97.5 cm³/mol. The third-order valence-corrected chi connectivity index (χ3v) is 5.70. The highest BCUT2D eigenvalue weighted by atomic mass is 32.2. The van der Waals surface area contributed by atoms with Crippen LogP contribution in [0.5, 0.6) is 0 Å². The van der Waals surface area contributed by atoms with Crippen molar-refractivity contribution in [2.45, 2.75) is 16.6 Å². The van der Waals surface area contributed by atoms with Crippen molar-refractivity contribution >= 4 is 40.2 Å². The number of hydrogen-bond donors (Lipinski definition) is 2. The maximum Gasteiger partial charge on any atom is 0.337 e. The fourth-order valence-electron chi connectivity index (χ4n) is 3.10. The fraction of sp³-hybridized carbons (Fsp3) is 0.158. The number of H-pyrrole nitrogens is 1. The van der Waals surface area contributed by atoms with Crippen LogP contribution in [0.3, 0.4) is 0 Å². The molecule has 0 spiro atoms. The molecule has 0 fully saturated rings. The summed E-state index contributed by atoms with van der Waals surface area (Å²) < 4.78 is 3.83. The first-order valence-corrected chi connectivity index (χ1v) is 8.81. The Labute approximate surface area is 148 Å². The summed E-state index contributed by atoms with van der Waals surface area (Å²) in [6.07, 6.45) is 1.72. The van der Waals surface area contributed by atoms with Crippen LogP contribution in [0.4, 0.5) is 5.69 Å². The van der Waals surface area contributed by atoms with E-state index in [1.807, 2.05) is 48.5 Å². The van der Waals surface area contributed by atoms with E-state index >= 15 is 0 Å². The van der Waals surface area contributed by atoms with Gasteiger partial charge >= 0.3 is 5.97 Å². The monoisotopic (exact) mass is 352 g/mol. The van der Waals surface area contributed by atoms with E-state index in [4.69, 9.17) is 4.74 Å². The molecule has 0 bridgehead atoms. The van der Waals surface area contributed by atoms with Crippen LogP contribution in [-0.2, 0) is 19.1 Å². The van der Waals surface area contributed by atoms with Gasteiger partial charge in [-0.15, -0.1) is 0 Å². The van der Waals surface area contributed by atoms with Crippen LogP contribution in [0.25, 0.3) is 10.9 Å². The predicted octanol–water partition coefficient (Wildman–Crippen LogP) is 3.67. The molecule has 1 amide bonds. The second-order valence-corrected chi connectivity index (χ2v) is 6.96. The molecule has 0 saturated heterocycles. The summed E-state index contributed by atoms with van der Waals surface area (Å²) in [5.41, 5.74) is 2.18. The van der Waals surface area contributed by atoms with Gasteiger partial charge in [-0.1, -0.05) is 42.1 Å². The quantitative estimate of drug-likeness (QED) is 0.557. The molecule has 3 aromatic rings. The summed E-state index contributed by atoms with van der Waals surface area (Å²) in [4.78, 5) is 30.0. The van der Waals surface area contributed by atoms with E-state index in [1.54, 1.807) is 13.1 Å². The lowest BCUT2D eigenvalue weighted by molar-refractivity contribution is -0.149. The highest BCUT2D eigenvalue weighted by molar-refractivity contribution is 8.02. The zero-order valence-electron chi connectivity index (χ0n) is 13.5. The largest absolute Gasteiger partial charge is 0.464 e. The number of hydrogen-bond acceptors (Lipinski definition) is 4. The number of ether oxygens (including phenoxy) is 1. The average molecular weight is 352 g/mol. The Bertz CT molecular complexity index is 981. The van der Waals surface area contributed by atoms with Gasteiger partial charge in [0.25, 0.3) is 5.91 Å². The summed E-state index contributed by atoms with van der Waals surface area (Å²) in [7, 11) is 0. The number of thioether (sulfide) groups is 1. The van der Waals surface area contributed by atoms with E-state index in [-0.39, 0.29) is 12.5 Å². The van der Waals surface area contributed by atoms with Crippen molar-refractivity contribution in [3.8, 4) is 0 Å². The van der Waals surface area contributed by atoms with Crippen LogP contribution < -0.4 is 5.32 Å². The molecular weight excluding hydrogens is 336 g/mol. The standard InChI is InChI=1S/C19H16N2O3S/c1-2-24-18(23)19(13-11-20-14-8-4-3-7-12(13)14)17(22)21-15-9-5-6-10-16(15)25-19/h3-11,20H,2H2,1H3,(H,21,22)/t19-/m1/s1. The van der Waals surface area contributed by atoms with Crippen molar-refractivity contribution in [3.05, 3.63) is 60.3 Å². The molecule has 0 unspecified atom stereocenters. The molecule has 1 atom stereocenters. The number of carbonyl (C=O) groups excluding carboxylic acids is 2. The van der Waals surface area contributed by atoms with Gasteiger partial charge in [0.1, 0.15) is 0 Å². The van der Waals surface area contributed by atoms with Crippen molar-refractivity contribution in [2.75, 3.05) is 11.9 Å². The van der Waals surface area contributed by atoms with Crippen LogP contribution in [0, 0.1) is 0 Å². The van der Waals surface area contributed by atoms with Gasteiger partial charge in [0.2, 0.25) is 4.75 Å². The Kier molecular flexibility index (Phi) is 3.77. The summed E-state index contributed by atoms with van der Waals surface area (Å²) in [6, 6.07) is 15.1. The van der Waals surface area contributed by atoms with Crippen LogP contribution in [0.1, 0.15) is 12.5 Å². The third kappa shape index (κ3) is 2.33. The van der Waals surface area contributed by atoms with Gasteiger partial charge in [0.15, 0.2) is 0 Å². The number of esters is 1. The minimum absolute atomic E-state index is 0.207. The number of benzene rings is 2. The highest BCUT2D eigenvalue weighted by Gasteiger charge is 2.54. The number of para-hydroxylation sites is 2. The third-order valence-electron chi connectivity index (χ3n) is 4.25. The highest BCUT2D eigenvalue weighted by Crippen LogP contribution is 2.50. The lowest BCUT2D eigenvalue weighted by Gasteiger charge is -2.34. The molecule has 1 aliphatic rings. The maximum atomic E-state index is 13.1. The van der Waals surface area contributed by atoms with E-state index < -0.39 is 10.7 Å². The summed E-state index contributed by atoms with van der Waals surface area (Å²) in [5, 5.41) is 3.70. The molecule has 2 N–H and O–H groups in total. The zero-order chi connectivity index (χ0) is 17.4. The van der Waals surface area contributed by atoms with Crippen LogP contribution >= 0.6 is 11.8 Å². The second-order valence-electron chi connectivity index (χ2n) is 5.70. The Morgan fingerprint density at radius 1 is 1.16 bits per heavy atom. The summed E-state index contributed by atoms with van der Waals surface area (Å²) in [5.74, 6) is -0.948. The lowest BCUT2D eigenvalue weighted by Crippen LogP contribution is -2.47. The molecule has 25 heavy (non-hydrogen) atoms. The molecule has 2 heterocycles. The fourth-order valence-corrected chi connectivity index (χ4v) is 4.37. The van der Waals surface area contributed by atoms with Crippen molar-refractivity contribution < 1.29 is 14.3 Å². The number of carbonyl (C=O) groups is 2. The molecule has 5 nitrogen and oxygen atoms in total. The average Bonchev–Trinajstić information content (AvgIpc) is 3.06. The molecule has 0 saturated carbocycles. The molecule has 126 valence electrons.